The molecule has 180 valence electrons. The van der Waals surface area contributed by atoms with Crippen molar-refractivity contribution in [3.05, 3.63) is 35.4 Å². The van der Waals surface area contributed by atoms with E-state index in [9.17, 15) is 4.79 Å². The lowest BCUT2D eigenvalue weighted by molar-refractivity contribution is -0.138. The largest absolute Gasteiger partial charge is 0.379 e. The molecule has 1 aromatic carbocycles. The lowest BCUT2D eigenvalue weighted by Gasteiger charge is -2.31. The number of nitrogens with zero attached hydrogens (tertiary/aromatic N) is 3. The van der Waals surface area contributed by atoms with Crippen molar-refractivity contribution < 1.29 is 9.53 Å². The van der Waals surface area contributed by atoms with E-state index in [4.69, 9.17) is 9.73 Å². The van der Waals surface area contributed by atoms with Crippen molar-refractivity contribution in [2.75, 3.05) is 53.5 Å². The van der Waals surface area contributed by atoms with E-state index < -0.39 is 0 Å². The summed E-state index contributed by atoms with van der Waals surface area (Å²) in [6, 6.07) is 8.67. The van der Waals surface area contributed by atoms with Gasteiger partial charge >= 0.3 is 0 Å². The van der Waals surface area contributed by atoms with Gasteiger partial charge in [-0.2, -0.15) is 0 Å². The number of ether oxygens (including phenoxy) is 1. The van der Waals surface area contributed by atoms with E-state index in [2.05, 4.69) is 46.7 Å². The quantitative estimate of drug-likeness (QED) is 0.293. The summed E-state index contributed by atoms with van der Waals surface area (Å²) in [4.78, 5) is 21.8. The molecule has 1 saturated carbocycles. The van der Waals surface area contributed by atoms with Gasteiger partial charge in [-0.25, -0.2) is 4.99 Å². The number of hydrogen-bond donors (Lipinski definition) is 2. The molecule has 3 rings (SSSR count). The van der Waals surface area contributed by atoms with Crippen molar-refractivity contribution >= 4 is 35.8 Å². The molecule has 0 bridgehead atoms. The monoisotopic (exact) mass is 557 g/mol. The molecule has 1 saturated heterocycles. The third-order valence-electron chi connectivity index (χ3n) is 6.28. The Balaban J connectivity index is 0.00000363. The molecule has 2 aliphatic rings. The van der Waals surface area contributed by atoms with Crippen LogP contribution in [0.3, 0.4) is 0 Å². The van der Waals surface area contributed by atoms with E-state index in [-0.39, 0.29) is 35.3 Å². The van der Waals surface area contributed by atoms with Crippen LogP contribution in [0.5, 0.6) is 0 Å². The number of aliphatic imine (C=N–C) groups is 1. The summed E-state index contributed by atoms with van der Waals surface area (Å²) in [7, 11) is 3.71. The van der Waals surface area contributed by atoms with E-state index in [0.29, 0.717) is 13.1 Å². The number of guanidine groups is 1. The van der Waals surface area contributed by atoms with E-state index >= 15 is 0 Å². The highest BCUT2D eigenvalue weighted by Crippen LogP contribution is 2.38. The fourth-order valence-electron chi connectivity index (χ4n) is 4.60. The van der Waals surface area contributed by atoms with Gasteiger partial charge in [0.15, 0.2) is 5.96 Å². The second-order valence-corrected chi connectivity index (χ2v) is 8.94. The minimum Gasteiger partial charge on any atom is -0.379 e. The molecular weight excluding hydrogens is 517 g/mol. The zero-order valence-corrected chi connectivity index (χ0v) is 22.2. The molecule has 1 aromatic rings. The fourth-order valence-corrected chi connectivity index (χ4v) is 4.60. The van der Waals surface area contributed by atoms with Gasteiger partial charge in [-0.05, 0) is 30.9 Å². The Morgan fingerprint density at radius 2 is 1.84 bits per heavy atom. The third-order valence-corrected chi connectivity index (χ3v) is 6.28. The third kappa shape index (κ3) is 7.59. The second kappa shape index (κ2) is 13.3. The van der Waals surface area contributed by atoms with Gasteiger partial charge in [-0.1, -0.05) is 37.1 Å². The fraction of sp³-hybridized carbons (Fsp3) is 0.667. The van der Waals surface area contributed by atoms with Crippen molar-refractivity contribution in [2.45, 2.75) is 45.7 Å². The smallest absolute Gasteiger partial charge is 0.230 e. The molecule has 2 fully saturated rings. The highest BCUT2D eigenvalue weighted by molar-refractivity contribution is 14.0. The molecule has 2 N–H and O–H groups in total. The molecule has 1 heterocycles. The van der Waals surface area contributed by atoms with Crippen LogP contribution in [0.1, 0.15) is 43.7 Å². The number of carbonyl (C=O) groups excluding carboxylic acids is 1. The summed E-state index contributed by atoms with van der Waals surface area (Å²) in [6.07, 6.45) is 4.12. The molecule has 8 heteroatoms. The van der Waals surface area contributed by atoms with Crippen LogP contribution >= 0.6 is 24.0 Å². The van der Waals surface area contributed by atoms with Gasteiger partial charge in [-0.3, -0.25) is 9.69 Å². The van der Waals surface area contributed by atoms with Crippen LogP contribution in [0.15, 0.2) is 29.3 Å². The van der Waals surface area contributed by atoms with Gasteiger partial charge in [0.05, 0.1) is 25.2 Å². The van der Waals surface area contributed by atoms with Gasteiger partial charge in [0.2, 0.25) is 5.91 Å². The molecule has 0 aromatic heterocycles. The standard InChI is InChI=1S/C24H39N5O2.HI/c1-4-25-23(27-19-24(10-5-6-11-24)22(30)28(2)3)26-17-20-8-7-9-21(16-20)18-29-12-14-31-15-13-29;/h7-9,16H,4-6,10-15,17-19H2,1-3H3,(H2,25,26,27);1H. The summed E-state index contributed by atoms with van der Waals surface area (Å²) < 4.78 is 5.45. The number of hydrogen-bond acceptors (Lipinski definition) is 4. The first-order chi connectivity index (χ1) is 15.0. The van der Waals surface area contributed by atoms with Crippen molar-refractivity contribution in [3.8, 4) is 0 Å². The average Bonchev–Trinajstić information content (AvgIpc) is 3.26. The molecular formula is C24H40IN5O2. The van der Waals surface area contributed by atoms with Crippen molar-refractivity contribution in [2.24, 2.45) is 10.4 Å². The zero-order valence-electron chi connectivity index (χ0n) is 19.9. The lowest BCUT2D eigenvalue weighted by Crippen LogP contribution is -2.49. The highest BCUT2D eigenvalue weighted by Gasteiger charge is 2.42. The summed E-state index contributed by atoms with van der Waals surface area (Å²) in [6.45, 7) is 8.67. The van der Waals surface area contributed by atoms with Crippen molar-refractivity contribution in [1.82, 2.24) is 20.4 Å². The maximum Gasteiger partial charge on any atom is 0.230 e. The number of nitrogens with one attached hydrogen (secondary N) is 2. The minimum absolute atomic E-state index is 0. The first-order valence-corrected chi connectivity index (χ1v) is 11.6. The van der Waals surface area contributed by atoms with Gasteiger partial charge in [0, 0.05) is 46.8 Å². The molecule has 1 amide bonds. The molecule has 1 aliphatic heterocycles. The Kier molecular flexibility index (Phi) is 11.2. The maximum absolute atomic E-state index is 12.8. The van der Waals surface area contributed by atoms with Crippen LogP contribution in [-0.4, -0.2) is 75.2 Å². The topological polar surface area (TPSA) is 69.2 Å². The van der Waals surface area contributed by atoms with Crippen LogP contribution in [0.25, 0.3) is 0 Å². The van der Waals surface area contributed by atoms with Gasteiger partial charge in [0.1, 0.15) is 0 Å². The van der Waals surface area contributed by atoms with Gasteiger partial charge < -0.3 is 20.3 Å². The SMILES string of the molecule is CCNC(=NCc1cccc(CN2CCOCC2)c1)NCC1(C(=O)N(C)C)CCCC1.I. The van der Waals surface area contributed by atoms with E-state index in [0.717, 1.165) is 71.0 Å². The van der Waals surface area contributed by atoms with E-state index in [1.807, 2.05) is 14.1 Å². The molecule has 0 unspecified atom stereocenters. The Morgan fingerprint density at radius 1 is 1.16 bits per heavy atom. The predicted octanol–water partition coefficient (Wildman–Crippen LogP) is 2.84. The summed E-state index contributed by atoms with van der Waals surface area (Å²) in [5.41, 5.74) is 2.20. The number of amides is 1. The highest BCUT2D eigenvalue weighted by atomic mass is 127. The number of rotatable bonds is 8. The number of carbonyl (C=O) groups is 1. The first-order valence-electron chi connectivity index (χ1n) is 11.6. The number of benzene rings is 1. The first kappa shape index (κ1) is 26.9. The van der Waals surface area contributed by atoms with E-state index in [1.165, 1.54) is 11.1 Å². The molecule has 32 heavy (non-hydrogen) atoms. The summed E-state index contributed by atoms with van der Waals surface area (Å²) >= 11 is 0. The van der Waals surface area contributed by atoms with Crippen LogP contribution in [0.2, 0.25) is 0 Å². The molecule has 0 spiro atoms. The molecule has 7 nitrogen and oxygen atoms in total. The van der Waals surface area contributed by atoms with Crippen molar-refractivity contribution in [1.29, 1.82) is 0 Å². The predicted molar refractivity (Wildman–Crippen MR) is 140 cm³/mol. The van der Waals surface area contributed by atoms with Crippen LogP contribution in [0.4, 0.5) is 0 Å². The molecule has 0 radical (unpaired) electrons. The summed E-state index contributed by atoms with van der Waals surface area (Å²) in [5, 5.41) is 6.79. The normalized spacial score (nSPS) is 18.7. The zero-order chi connectivity index (χ0) is 22.1. The lowest BCUT2D eigenvalue weighted by atomic mass is 9.84. The number of morpholine rings is 1. The van der Waals surface area contributed by atoms with Crippen LogP contribution in [0, 0.1) is 5.41 Å². The van der Waals surface area contributed by atoms with Gasteiger partial charge in [-0.15, -0.1) is 24.0 Å². The maximum atomic E-state index is 12.8. The Morgan fingerprint density at radius 3 is 2.50 bits per heavy atom. The Hall–Kier alpha value is -1.39. The van der Waals surface area contributed by atoms with E-state index in [1.54, 1.807) is 4.90 Å². The second-order valence-electron chi connectivity index (χ2n) is 8.94. The average molecular weight is 558 g/mol. The number of halogens is 1. The Labute approximate surface area is 210 Å². The van der Waals surface area contributed by atoms with Crippen LogP contribution < -0.4 is 10.6 Å². The summed E-state index contributed by atoms with van der Waals surface area (Å²) in [5.74, 6) is 1.00. The Bertz CT molecular complexity index is 744. The van der Waals surface area contributed by atoms with Crippen LogP contribution in [-0.2, 0) is 22.6 Å². The van der Waals surface area contributed by atoms with Crippen molar-refractivity contribution in [3.63, 3.8) is 0 Å². The molecule has 0 atom stereocenters. The minimum atomic E-state index is -0.308. The van der Waals surface area contributed by atoms with Gasteiger partial charge in [0.25, 0.3) is 0 Å². The molecule has 1 aliphatic carbocycles.